The lowest BCUT2D eigenvalue weighted by molar-refractivity contribution is -0.120. The van der Waals surface area contributed by atoms with Crippen LogP contribution in [0.5, 0.6) is 5.75 Å². The third-order valence-electron chi connectivity index (χ3n) is 4.85. The smallest absolute Gasteiger partial charge is 0.228 e. The summed E-state index contributed by atoms with van der Waals surface area (Å²) in [6, 6.07) is 7.46. The predicted octanol–water partition coefficient (Wildman–Crippen LogP) is 5.36. The van der Waals surface area contributed by atoms with Gasteiger partial charge in [0.15, 0.2) is 5.13 Å². The summed E-state index contributed by atoms with van der Waals surface area (Å²) in [6.07, 6.45) is 3.09. The fourth-order valence-corrected chi connectivity index (χ4v) is 4.91. The molecule has 1 N–H and O–H groups in total. The summed E-state index contributed by atoms with van der Waals surface area (Å²) in [4.78, 5) is 23.7. The molecule has 29 heavy (non-hydrogen) atoms. The van der Waals surface area contributed by atoms with Crippen LogP contribution in [-0.2, 0) is 4.79 Å². The monoisotopic (exact) mass is 494 g/mol. The molecule has 0 bridgehead atoms. The van der Waals surface area contributed by atoms with E-state index in [0.717, 1.165) is 51.5 Å². The van der Waals surface area contributed by atoms with Gasteiger partial charge in [0.25, 0.3) is 0 Å². The SMILES string of the molecule is CCOc1cc2sc(N3CCC(C(=O)Nc4ccc(Cl)cn4)CC3)nc2cc1Br. The summed E-state index contributed by atoms with van der Waals surface area (Å²) in [7, 11) is 0. The van der Waals surface area contributed by atoms with E-state index in [1.807, 2.05) is 19.1 Å². The molecule has 0 unspecified atom stereocenters. The third kappa shape index (κ3) is 4.65. The van der Waals surface area contributed by atoms with Crippen LogP contribution >= 0.6 is 38.9 Å². The summed E-state index contributed by atoms with van der Waals surface area (Å²) in [6.45, 7) is 4.19. The summed E-state index contributed by atoms with van der Waals surface area (Å²) in [5, 5.41) is 4.41. The zero-order valence-corrected chi connectivity index (χ0v) is 19.0. The molecule has 1 aromatic carbocycles. The number of halogens is 2. The van der Waals surface area contributed by atoms with Crippen molar-refractivity contribution >= 4 is 65.9 Å². The average Bonchev–Trinajstić information content (AvgIpc) is 3.13. The molecule has 3 aromatic rings. The Labute approximate surface area is 186 Å². The summed E-state index contributed by atoms with van der Waals surface area (Å²) in [5.41, 5.74) is 0.953. The Morgan fingerprint density at radius 3 is 2.86 bits per heavy atom. The first-order valence-corrected chi connectivity index (χ1v) is 11.4. The second kappa shape index (κ2) is 8.85. The number of carbonyl (C=O) groups is 1. The lowest BCUT2D eigenvalue weighted by Gasteiger charge is -2.30. The Kier molecular flexibility index (Phi) is 6.22. The molecule has 0 radical (unpaired) electrons. The number of fused-ring (bicyclic) bond motifs is 1. The Morgan fingerprint density at radius 2 is 2.17 bits per heavy atom. The number of anilines is 2. The highest BCUT2D eigenvalue weighted by molar-refractivity contribution is 9.10. The average molecular weight is 496 g/mol. The van der Waals surface area contributed by atoms with E-state index in [1.54, 1.807) is 23.5 Å². The van der Waals surface area contributed by atoms with E-state index in [4.69, 9.17) is 21.3 Å². The number of nitrogens with one attached hydrogen (secondary N) is 1. The first-order valence-electron chi connectivity index (χ1n) is 9.43. The molecule has 0 saturated carbocycles. The molecule has 6 nitrogen and oxygen atoms in total. The second-order valence-corrected chi connectivity index (χ2v) is 9.09. The first kappa shape index (κ1) is 20.4. The molecule has 3 heterocycles. The topological polar surface area (TPSA) is 67.3 Å². The second-order valence-electron chi connectivity index (χ2n) is 6.79. The van der Waals surface area contributed by atoms with Crippen molar-refractivity contribution in [2.45, 2.75) is 19.8 Å². The van der Waals surface area contributed by atoms with Crippen molar-refractivity contribution in [1.29, 1.82) is 0 Å². The molecule has 9 heteroatoms. The maximum Gasteiger partial charge on any atom is 0.228 e. The fourth-order valence-electron chi connectivity index (χ4n) is 3.33. The van der Waals surface area contributed by atoms with Crippen LogP contribution in [0.2, 0.25) is 5.02 Å². The van der Waals surface area contributed by atoms with Crippen LogP contribution in [0.3, 0.4) is 0 Å². The van der Waals surface area contributed by atoms with E-state index in [2.05, 4.69) is 31.1 Å². The van der Waals surface area contributed by atoms with Crippen molar-refractivity contribution in [2.24, 2.45) is 5.92 Å². The van der Waals surface area contributed by atoms with Crippen molar-refractivity contribution in [2.75, 3.05) is 29.9 Å². The number of amides is 1. The van der Waals surface area contributed by atoms with Gasteiger partial charge in [-0.2, -0.15) is 0 Å². The quantitative estimate of drug-likeness (QED) is 0.516. The number of piperidine rings is 1. The molecule has 4 rings (SSSR count). The molecule has 1 saturated heterocycles. The number of pyridine rings is 1. The van der Waals surface area contributed by atoms with Gasteiger partial charge in [-0.15, -0.1) is 0 Å². The van der Waals surface area contributed by atoms with Gasteiger partial charge < -0.3 is 15.0 Å². The van der Waals surface area contributed by atoms with Gasteiger partial charge in [0, 0.05) is 31.3 Å². The number of thiazole rings is 1. The molecule has 1 aliphatic heterocycles. The van der Waals surface area contributed by atoms with E-state index in [-0.39, 0.29) is 11.8 Å². The maximum atomic E-state index is 12.5. The van der Waals surface area contributed by atoms with Crippen molar-refractivity contribution in [3.8, 4) is 5.75 Å². The number of aromatic nitrogens is 2. The minimum Gasteiger partial charge on any atom is -0.493 e. The van der Waals surface area contributed by atoms with Gasteiger partial charge in [-0.3, -0.25) is 4.79 Å². The maximum absolute atomic E-state index is 12.5. The van der Waals surface area contributed by atoms with Gasteiger partial charge in [-0.1, -0.05) is 22.9 Å². The molecule has 0 atom stereocenters. The molecular weight excluding hydrogens is 476 g/mol. The number of ether oxygens (including phenoxy) is 1. The largest absolute Gasteiger partial charge is 0.493 e. The van der Waals surface area contributed by atoms with E-state index >= 15 is 0 Å². The predicted molar refractivity (Wildman–Crippen MR) is 121 cm³/mol. The first-order chi connectivity index (χ1) is 14.0. The molecule has 1 amide bonds. The molecular formula is C20H20BrClN4O2S. The van der Waals surface area contributed by atoms with Gasteiger partial charge in [0.2, 0.25) is 5.91 Å². The van der Waals surface area contributed by atoms with Crippen molar-refractivity contribution in [1.82, 2.24) is 9.97 Å². The summed E-state index contributed by atoms with van der Waals surface area (Å²) in [5.74, 6) is 1.34. The lowest BCUT2D eigenvalue weighted by Crippen LogP contribution is -2.38. The molecule has 152 valence electrons. The molecule has 0 spiro atoms. The van der Waals surface area contributed by atoms with Crippen LogP contribution in [0.4, 0.5) is 10.9 Å². The van der Waals surface area contributed by atoms with Gasteiger partial charge in [0.05, 0.1) is 26.3 Å². The van der Waals surface area contributed by atoms with Crippen molar-refractivity contribution < 1.29 is 9.53 Å². The lowest BCUT2D eigenvalue weighted by atomic mass is 9.96. The zero-order chi connectivity index (χ0) is 20.4. The molecule has 1 aliphatic rings. The van der Waals surface area contributed by atoms with Crippen LogP contribution in [0.1, 0.15) is 19.8 Å². The number of carbonyl (C=O) groups excluding carboxylic acids is 1. The standard InChI is InChI=1S/C20H20BrClN4O2S/c1-2-28-16-10-17-15(9-14(16)21)24-20(29-17)26-7-5-12(6-8-26)19(27)25-18-4-3-13(22)11-23-18/h3-4,9-12H,2,5-8H2,1H3,(H,23,25,27). The number of hydrogen-bond acceptors (Lipinski definition) is 6. The van der Waals surface area contributed by atoms with Gasteiger partial charge in [-0.25, -0.2) is 9.97 Å². The highest BCUT2D eigenvalue weighted by Crippen LogP contribution is 2.37. The third-order valence-corrected chi connectivity index (χ3v) is 6.77. The highest BCUT2D eigenvalue weighted by atomic mass is 79.9. The number of rotatable bonds is 5. The normalized spacial score (nSPS) is 14.9. The number of benzene rings is 1. The minimum absolute atomic E-state index is 0.00839. The van der Waals surface area contributed by atoms with Gasteiger partial charge >= 0.3 is 0 Å². The Hall–Kier alpha value is -1.90. The van der Waals surface area contributed by atoms with Crippen LogP contribution in [-0.4, -0.2) is 35.6 Å². The van der Waals surface area contributed by atoms with Crippen molar-refractivity contribution in [3.05, 3.63) is 40.0 Å². The summed E-state index contributed by atoms with van der Waals surface area (Å²) < 4.78 is 7.67. The highest BCUT2D eigenvalue weighted by Gasteiger charge is 2.27. The van der Waals surface area contributed by atoms with E-state index in [0.29, 0.717) is 17.4 Å². The van der Waals surface area contributed by atoms with Gasteiger partial charge in [0.1, 0.15) is 11.6 Å². The Bertz CT molecular complexity index is 1020. The fraction of sp³-hybridized carbons (Fsp3) is 0.350. The van der Waals surface area contributed by atoms with E-state index < -0.39 is 0 Å². The van der Waals surface area contributed by atoms with E-state index in [1.165, 1.54) is 6.20 Å². The Balaban J connectivity index is 1.40. The molecule has 0 aliphatic carbocycles. The Morgan fingerprint density at radius 1 is 1.38 bits per heavy atom. The minimum atomic E-state index is -0.0307. The molecule has 2 aromatic heterocycles. The van der Waals surface area contributed by atoms with Crippen LogP contribution < -0.4 is 15.0 Å². The van der Waals surface area contributed by atoms with Crippen molar-refractivity contribution in [3.63, 3.8) is 0 Å². The number of hydrogen-bond donors (Lipinski definition) is 1. The summed E-state index contributed by atoms with van der Waals surface area (Å²) >= 11 is 11.0. The van der Waals surface area contributed by atoms with Crippen LogP contribution in [0, 0.1) is 5.92 Å². The number of nitrogens with zero attached hydrogens (tertiary/aromatic N) is 3. The van der Waals surface area contributed by atoms with Gasteiger partial charge in [-0.05, 0) is 53.9 Å². The van der Waals surface area contributed by atoms with Crippen LogP contribution in [0.25, 0.3) is 10.2 Å². The molecule has 1 fully saturated rings. The van der Waals surface area contributed by atoms with Crippen LogP contribution in [0.15, 0.2) is 34.9 Å². The zero-order valence-electron chi connectivity index (χ0n) is 15.8. The van der Waals surface area contributed by atoms with E-state index in [9.17, 15) is 4.79 Å².